The molecule has 30 heavy (non-hydrogen) atoms. The van der Waals surface area contributed by atoms with Crippen molar-refractivity contribution in [3.63, 3.8) is 0 Å². The molecule has 1 aliphatic rings. The lowest BCUT2D eigenvalue weighted by molar-refractivity contribution is 0.0496. The van der Waals surface area contributed by atoms with Crippen molar-refractivity contribution in [1.82, 2.24) is 5.32 Å². The number of hydrogen-bond acceptors (Lipinski definition) is 3. The third-order valence-corrected chi connectivity index (χ3v) is 5.76. The van der Waals surface area contributed by atoms with E-state index in [1.54, 1.807) is 0 Å². The van der Waals surface area contributed by atoms with Crippen molar-refractivity contribution in [2.75, 3.05) is 11.9 Å². The monoisotopic (exact) mass is 552 g/mol. The molecular weight excluding hydrogens is 540 g/mol. The van der Waals surface area contributed by atoms with Crippen LogP contribution in [-0.2, 0) is 0 Å². The summed E-state index contributed by atoms with van der Waals surface area (Å²) in [7, 11) is 0. The molecule has 1 atom stereocenters. The minimum atomic E-state index is -2.77. The fourth-order valence-electron chi connectivity index (χ4n) is 2.65. The highest BCUT2D eigenvalue weighted by molar-refractivity contribution is 9.11. The molecule has 3 amide bonds. The zero-order valence-corrected chi connectivity index (χ0v) is 18.5. The second kappa shape index (κ2) is 8.18. The number of halogens is 6. The van der Waals surface area contributed by atoms with Crippen molar-refractivity contribution in [1.29, 1.82) is 0 Å². The van der Waals surface area contributed by atoms with Gasteiger partial charge in [0.05, 0.1) is 21.0 Å². The Morgan fingerprint density at radius 2 is 1.67 bits per heavy atom. The standard InChI is InChI=1S/C19H14Br2F4N2O3/c1-18(7-19(18,24)25)8-30-15-10(20)5-9(6-11(15)21)26-17(29)27-16(28)14-12(22)3-2-4-13(14)23/h2-6H,7-8H2,1H3,(H2,26,27,28,29). The molecule has 0 aromatic heterocycles. The summed E-state index contributed by atoms with van der Waals surface area (Å²) in [6.07, 6.45) is -0.258. The maximum atomic E-state index is 13.6. The number of hydrogen-bond donors (Lipinski definition) is 2. The lowest BCUT2D eigenvalue weighted by atomic mass is 10.1. The highest BCUT2D eigenvalue weighted by Gasteiger charge is 2.68. The van der Waals surface area contributed by atoms with Gasteiger partial charge in [0.1, 0.15) is 22.9 Å². The van der Waals surface area contributed by atoms with Crippen molar-refractivity contribution in [3.05, 3.63) is 56.5 Å². The van der Waals surface area contributed by atoms with E-state index in [1.807, 2.05) is 5.32 Å². The first-order valence-electron chi connectivity index (χ1n) is 8.49. The van der Waals surface area contributed by atoms with E-state index in [9.17, 15) is 27.2 Å². The van der Waals surface area contributed by atoms with Gasteiger partial charge in [0.15, 0.2) is 0 Å². The summed E-state index contributed by atoms with van der Waals surface area (Å²) in [4.78, 5) is 24.0. The number of ether oxygens (including phenoxy) is 1. The topological polar surface area (TPSA) is 67.4 Å². The lowest BCUT2D eigenvalue weighted by Crippen LogP contribution is -2.35. The Labute approximate surface area is 185 Å². The summed E-state index contributed by atoms with van der Waals surface area (Å²) in [6, 6.07) is 4.68. The highest BCUT2D eigenvalue weighted by Crippen LogP contribution is 2.60. The smallest absolute Gasteiger partial charge is 0.326 e. The van der Waals surface area contributed by atoms with Crippen molar-refractivity contribution in [2.24, 2.45) is 5.41 Å². The predicted octanol–water partition coefficient (Wildman–Crippen LogP) is 5.88. The SMILES string of the molecule is CC1(COc2c(Br)cc(NC(=O)NC(=O)c3c(F)cccc3F)cc2Br)CC1(F)F. The maximum Gasteiger partial charge on any atom is 0.326 e. The van der Waals surface area contributed by atoms with Gasteiger partial charge in [0.2, 0.25) is 0 Å². The Morgan fingerprint density at radius 3 is 2.17 bits per heavy atom. The highest BCUT2D eigenvalue weighted by atomic mass is 79.9. The molecule has 0 heterocycles. The molecule has 0 saturated heterocycles. The zero-order chi connectivity index (χ0) is 22.3. The van der Waals surface area contributed by atoms with Crippen LogP contribution in [0, 0.1) is 17.0 Å². The Balaban J connectivity index is 1.65. The van der Waals surface area contributed by atoms with Crippen LogP contribution in [0.2, 0.25) is 0 Å². The largest absolute Gasteiger partial charge is 0.490 e. The van der Waals surface area contributed by atoms with Crippen molar-refractivity contribution in [3.8, 4) is 5.75 Å². The van der Waals surface area contributed by atoms with E-state index < -0.39 is 40.5 Å². The van der Waals surface area contributed by atoms with E-state index in [0.29, 0.717) is 8.95 Å². The number of amides is 3. The zero-order valence-electron chi connectivity index (χ0n) is 15.3. The average molecular weight is 554 g/mol. The first kappa shape index (κ1) is 22.5. The average Bonchev–Trinajstić information content (AvgIpc) is 3.11. The minimum Gasteiger partial charge on any atom is -0.490 e. The maximum absolute atomic E-state index is 13.6. The van der Waals surface area contributed by atoms with E-state index in [4.69, 9.17) is 4.74 Å². The fourth-order valence-corrected chi connectivity index (χ4v) is 4.06. The second-order valence-corrected chi connectivity index (χ2v) is 8.71. The van der Waals surface area contributed by atoms with Gasteiger partial charge in [-0.1, -0.05) is 13.0 Å². The number of benzene rings is 2. The molecule has 0 radical (unpaired) electrons. The molecule has 1 fully saturated rings. The molecule has 2 aromatic carbocycles. The van der Waals surface area contributed by atoms with Gasteiger partial charge in [-0.3, -0.25) is 10.1 Å². The first-order valence-corrected chi connectivity index (χ1v) is 10.1. The number of alkyl halides is 2. The summed E-state index contributed by atoms with van der Waals surface area (Å²) in [6.45, 7) is 1.22. The van der Waals surface area contributed by atoms with Crippen LogP contribution in [0.25, 0.3) is 0 Å². The Kier molecular flexibility index (Phi) is 6.15. The van der Waals surface area contributed by atoms with Crippen LogP contribution >= 0.6 is 31.9 Å². The molecule has 11 heteroatoms. The van der Waals surface area contributed by atoms with Crippen LogP contribution in [0.3, 0.4) is 0 Å². The molecule has 0 aliphatic heterocycles. The van der Waals surface area contributed by atoms with Crippen LogP contribution in [0.5, 0.6) is 5.75 Å². The number of carbonyl (C=O) groups is 2. The van der Waals surface area contributed by atoms with Crippen LogP contribution in [-0.4, -0.2) is 24.5 Å². The molecule has 1 aliphatic carbocycles. The van der Waals surface area contributed by atoms with Gasteiger partial charge in [-0.05, 0) is 56.1 Å². The summed E-state index contributed by atoms with van der Waals surface area (Å²) in [5, 5.41) is 4.16. The van der Waals surface area contributed by atoms with Crippen LogP contribution < -0.4 is 15.4 Å². The van der Waals surface area contributed by atoms with Crippen LogP contribution in [0.1, 0.15) is 23.7 Å². The summed E-state index contributed by atoms with van der Waals surface area (Å²) in [5.41, 5.74) is -1.92. The molecular formula is C19H14Br2F4N2O3. The van der Waals surface area contributed by atoms with Gasteiger partial charge < -0.3 is 10.1 Å². The Hall–Kier alpha value is -2.14. The van der Waals surface area contributed by atoms with E-state index in [1.165, 1.54) is 19.1 Å². The molecule has 2 aromatic rings. The van der Waals surface area contributed by atoms with Crippen molar-refractivity contribution < 1.29 is 31.9 Å². The first-order chi connectivity index (χ1) is 13.9. The van der Waals surface area contributed by atoms with Crippen LogP contribution in [0.15, 0.2) is 39.3 Å². The number of nitrogens with one attached hydrogen (secondary N) is 2. The molecule has 0 bridgehead atoms. The molecule has 1 saturated carbocycles. The second-order valence-electron chi connectivity index (χ2n) is 7.00. The predicted molar refractivity (Wildman–Crippen MR) is 108 cm³/mol. The molecule has 2 N–H and O–H groups in total. The van der Waals surface area contributed by atoms with Gasteiger partial charge in [-0.25, -0.2) is 22.4 Å². The van der Waals surface area contributed by atoms with Gasteiger partial charge in [0.25, 0.3) is 11.8 Å². The Bertz CT molecular complexity index is 992. The number of imide groups is 1. The number of urea groups is 1. The molecule has 1 unspecified atom stereocenters. The van der Waals surface area contributed by atoms with E-state index in [-0.39, 0.29) is 24.5 Å². The van der Waals surface area contributed by atoms with Gasteiger partial charge >= 0.3 is 6.03 Å². The van der Waals surface area contributed by atoms with E-state index in [0.717, 1.165) is 18.2 Å². The molecule has 160 valence electrons. The molecule has 3 rings (SSSR count). The normalized spacial score (nSPS) is 19.2. The van der Waals surface area contributed by atoms with Gasteiger partial charge in [-0.2, -0.15) is 0 Å². The number of rotatable bonds is 5. The fraction of sp³-hybridized carbons (Fsp3) is 0.263. The molecule has 0 spiro atoms. The lowest BCUT2D eigenvalue weighted by Gasteiger charge is -2.16. The molecule has 5 nitrogen and oxygen atoms in total. The number of anilines is 1. The third kappa shape index (κ3) is 4.61. The summed E-state index contributed by atoms with van der Waals surface area (Å²) >= 11 is 6.46. The Morgan fingerprint density at radius 1 is 1.13 bits per heavy atom. The number of carbonyl (C=O) groups excluding carboxylic acids is 2. The van der Waals surface area contributed by atoms with Crippen molar-refractivity contribution in [2.45, 2.75) is 19.3 Å². The van der Waals surface area contributed by atoms with Crippen LogP contribution in [0.4, 0.5) is 28.0 Å². The van der Waals surface area contributed by atoms with Gasteiger partial charge in [0, 0.05) is 12.1 Å². The summed E-state index contributed by atoms with van der Waals surface area (Å²) < 4.78 is 60.1. The minimum absolute atomic E-state index is 0.198. The van der Waals surface area contributed by atoms with Crippen molar-refractivity contribution >= 4 is 49.5 Å². The third-order valence-electron chi connectivity index (χ3n) is 4.58. The quantitative estimate of drug-likeness (QED) is 0.455. The summed E-state index contributed by atoms with van der Waals surface area (Å²) in [5.74, 6) is -5.98. The van der Waals surface area contributed by atoms with Gasteiger partial charge in [-0.15, -0.1) is 0 Å². The van der Waals surface area contributed by atoms with E-state index >= 15 is 0 Å². The van der Waals surface area contributed by atoms with E-state index in [2.05, 4.69) is 37.2 Å².